The van der Waals surface area contributed by atoms with Gasteiger partial charge in [0.25, 0.3) is 11.6 Å². The molecule has 11 heteroatoms. The Bertz CT molecular complexity index is 1060. The molecule has 2 N–H and O–H groups in total. The van der Waals surface area contributed by atoms with Crippen LogP contribution >= 0.6 is 0 Å². The van der Waals surface area contributed by atoms with Gasteiger partial charge in [-0.3, -0.25) is 24.6 Å². The highest BCUT2D eigenvalue weighted by molar-refractivity contribution is 6.10. The number of rotatable bonds is 7. The van der Waals surface area contributed by atoms with Gasteiger partial charge in [-0.1, -0.05) is 19.1 Å². The highest BCUT2D eigenvalue weighted by Crippen LogP contribution is 2.33. The van der Waals surface area contributed by atoms with Crippen LogP contribution in [0.3, 0.4) is 0 Å². The summed E-state index contributed by atoms with van der Waals surface area (Å²) in [5.41, 5.74) is -1.09. The molecular weight excluding hydrogens is 411 g/mol. The fraction of sp³-hybridized carbons (Fsp3) is 0.250. The Morgan fingerprint density at radius 2 is 1.94 bits per heavy atom. The summed E-state index contributed by atoms with van der Waals surface area (Å²) in [5, 5.41) is 16.0. The molecule has 0 saturated carbocycles. The maximum absolute atomic E-state index is 13.3. The van der Waals surface area contributed by atoms with Gasteiger partial charge >= 0.3 is 6.03 Å². The number of hydrogen-bond acceptors (Lipinski definition) is 6. The van der Waals surface area contributed by atoms with Gasteiger partial charge in [-0.15, -0.1) is 0 Å². The first kappa shape index (κ1) is 21.7. The van der Waals surface area contributed by atoms with Crippen molar-refractivity contribution in [3.05, 3.63) is 64.0 Å². The minimum Gasteiger partial charge on any atom is -0.494 e. The number of carbonyl (C=O) groups is 3. The molecule has 1 unspecified atom stereocenters. The van der Waals surface area contributed by atoms with Crippen LogP contribution in [0.15, 0.2) is 42.5 Å². The molecule has 1 heterocycles. The van der Waals surface area contributed by atoms with Gasteiger partial charge in [-0.25, -0.2) is 9.18 Å². The Hall–Kier alpha value is -4.02. The van der Waals surface area contributed by atoms with Crippen molar-refractivity contribution in [2.45, 2.75) is 18.9 Å². The molecule has 1 aliphatic rings. The number of non-ortho nitro benzene ring substituents is 1. The molecule has 0 radical (unpaired) electrons. The fourth-order valence-electron chi connectivity index (χ4n) is 3.37. The Morgan fingerprint density at radius 3 is 2.52 bits per heavy atom. The van der Waals surface area contributed by atoms with Gasteiger partial charge in [0, 0.05) is 6.07 Å². The van der Waals surface area contributed by atoms with Crippen molar-refractivity contribution < 1.29 is 28.4 Å². The zero-order chi connectivity index (χ0) is 22.8. The van der Waals surface area contributed by atoms with Crippen molar-refractivity contribution >= 4 is 29.2 Å². The van der Waals surface area contributed by atoms with Crippen LogP contribution in [0.1, 0.15) is 18.9 Å². The SMILES string of the molecule is CCC1(c2ccc(F)cc2)NC(=O)N(CC(=O)Nc2ccc([N+](=O)[O-])cc2OC)C1=O. The van der Waals surface area contributed by atoms with Gasteiger partial charge in [0.15, 0.2) is 0 Å². The average molecular weight is 430 g/mol. The van der Waals surface area contributed by atoms with Crippen LogP contribution < -0.4 is 15.4 Å². The van der Waals surface area contributed by atoms with E-state index in [4.69, 9.17) is 4.74 Å². The van der Waals surface area contributed by atoms with Crippen molar-refractivity contribution in [1.29, 1.82) is 0 Å². The number of imide groups is 1. The fourth-order valence-corrected chi connectivity index (χ4v) is 3.37. The molecule has 1 aliphatic heterocycles. The van der Waals surface area contributed by atoms with E-state index in [0.29, 0.717) is 5.56 Å². The first-order chi connectivity index (χ1) is 14.7. The van der Waals surface area contributed by atoms with Gasteiger partial charge in [0.1, 0.15) is 23.7 Å². The number of amides is 4. The van der Waals surface area contributed by atoms with E-state index >= 15 is 0 Å². The summed E-state index contributed by atoms with van der Waals surface area (Å²) >= 11 is 0. The Balaban J connectivity index is 1.79. The third kappa shape index (κ3) is 4.02. The van der Waals surface area contributed by atoms with Crippen LogP contribution in [0.25, 0.3) is 0 Å². The number of urea groups is 1. The standard InChI is InChI=1S/C20H19FN4O6/c1-3-20(12-4-6-13(21)7-5-12)18(27)24(19(28)23-20)11-17(26)22-15-9-8-14(25(29)30)10-16(15)31-2/h4-10H,3,11H2,1-2H3,(H,22,26)(H,23,28). The summed E-state index contributed by atoms with van der Waals surface area (Å²) in [4.78, 5) is 49.1. The minimum atomic E-state index is -1.41. The summed E-state index contributed by atoms with van der Waals surface area (Å²) in [7, 11) is 1.28. The lowest BCUT2D eigenvalue weighted by Gasteiger charge is -2.25. The molecule has 1 fully saturated rings. The predicted octanol–water partition coefficient (Wildman–Crippen LogP) is 2.54. The zero-order valence-electron chi connectivity index (χ0n) is 16.7. The molecule has 1 atom stereocenters. The van der Waals surface area contributed by atoms with Crippen LogP contribution in [0, 0.1) is 15.9 Å². The molecule has 0 spiro atoms. The zero-order valence-corrected chi connectivity index (χ0v) is 16.7. The van der Waals surface area contributed by atoms with Gasteiger partial charge in [-0.2, -0.15) is 0 Å². The lowest BCUT2D eigenvalue weighted by atomic mass is 9.87. The van der Waals surface area contributed by atoms with Crippen molar-refractivity contribution in [3.63, 3.8) is 0 Å². The number of carbonyl (C=O) groups excluding carboxylic acids is 3. The third-order valence-corrected chi connectivity index (χ3v) is 5.01. The van der Waals surface area contributed by atoms with Crippen LogP contribution in [0.5, 0.6) is 5.75 Å². The largest absolute Gasteiger partial charge is 0.494 e. The van der Waals surface area contributed by atoms with Gasteiger partial charge in [0.2, 0.25) is 5.91 Å². The Kier molecular flexibility index (Phi) is 5.86. The molecule has 10 nitrogen and oxygen atoms in total. The monoisotopic (exact) mass is 430 g/mol. The van der Waals surface area contributed by atoms with E-state index in [1.54, 1.807) is 6.92 Å². The predicted molar refractivity (Wildman–Crippen MR) is 107 cm³/mol. The molecule has 1 saturated heterocycles. The number of nitro groups is 1. The molecule has 2 aromatic rings. The summed E-state index contributed by atoms with van der Waals surface area (Å²) in [6.07, 6.45) is 0.192. The number of ether oxygens (including phenoxy) is 1. The number of nitro benzene ring substituents is 1. The Labute approximate surface area is 176 Å². The van der Waals surface area contributed by atoms with Crippen molar-refractivity contribution in [3.8, 4) is 5.75 Å². The number of methoxy groups -OCH3 is 1. The first-order valence-electron chi connectivity index (χ1n) is 9.24. The second kappa shape index (κ2) is 8.38. The van der Waals surface area contributed by atoms with Crippen LogP contribution in [0.4, 0.5) is 20.6 Å². The number of anilines is 1. The van der Waals surface area contributed by atoms with E-state index in [0.717, 1.165) is 11.0 Å². The van der Waals surface area contributed by atoms with E-state index < -0.39 is 40.7 Å². The van der Waals surface area contributed by atoms with Crippen LogP contribution in [-0.2, 0) is 15.1 Å². The second-order valence-electron chi connectivity index (χ2n) is 6.78. The van der Waals surface area contributed by atoms with Crippen molar-refractivity contribution in [1.82, 2.24) is 10.2 Å². The molecule has 2 aromatic carbocycles. The van der Waals surface area contributed by atoms with Gasteiger partial charge in [0.05, 0.1) is 23.8 Å². The van der Waals surface area contributed by atoms with Gasteiger partial charge < -0.3 is 15.4 Å². The molecule has 0 bridgehead atoms. The number of hydrogen-bond donors (Lipinski definition) is 2. The summed E-state index contributed by atoms with van der Waals surface area (Å²) in [6, 6.07) is 8.02. The summed E-state index contributed by atoms with van der Waals surface area (Å²) in [5.74, 6) is -1.78. The molecule has 4 amide bonds. The third-order valence-electron chi connectivity index (χ3n) is 5.01. The summed E-state index contributed by atoms with van der Waals surface area (Å²) in [6.45, 7) is 1.10. The van der Waals surface area contributed by atoms with E-state index in [1.807, 2.05) is 0 Å². The Morgan fingerprint density at radius 1 is 1.26 bits per heavy atom. The normalized spacial score (nSPS) is 18.0. The average Bonchev–Trinajstić information content (AvgIpc) is 2.99. The lowest BCUT2D eigenvalue weighted by molar-refractivity contribution is -0.384. The molecular formula is C20H19FN4O6. The highest BCUT2D eigenvalue weighted by Gasteiger charge is 2.51. The smallest absolute Gasteiger partial charge is 0.325 e. The van der Waals surface area contributed by atoms with E-state index in [1.165, 1.54) is 43.5 Å². The number of benzene rings is 2. The number of nitrogens with one attached hydrogen (secondary N) is 2. The quantitative estimate of drug-likeness (QED) is 0.394. The lowest BCUT2D eigenvalue weighted by Crippen LogP contribution is -2.44. The van der Waals surface area contributed by atoms with Gasteiger partial charge in [-0.05, 0) is 30.2 Å². The second-order valence-corrected chi connectivity index (χ2v) is 6.78. The van der Waals surface area contributed by atoms with E-state index in [2.05, 4.69) is 10.6 Å². The number of nitrogens with zero attached hydrogens (tertiary/aromatic N) is 2. The van der Waals surface area contributed by atoms with Crippen LogP contribution in [0.2, 0.25) is 0 Å². The van der Waals surface area contributed by atoms with E-state index in [-0.39, 0.29) is 23.5 Å². The summed E-state index contributed by atoms with van der Waals surface area (Å²) < 4.78 is 18.3. The molecule has 3 rings (SSSR count). The minimum absolute atomic E-state index is 0.0500. The maximum Gasteiger partial charge on any atom is 0.325 e. The maximum atomic E-state index is 13.3. The van der Waals surface area contributed by atoms with Crippen molar-refractivity contribution in [2.75, 3.05) is 19.0 Å². The van der Waals surface area contributed by atoms with Crippen molar-refractivity contribution in [2.24, 2.45) is 0 Å². The molecule has 0 aliphatic carbocycles. The topological polar surface area (TPSA) is 131 Å². The molecule has 0 aromatic heterocycles. The number of halogens is 1. The van der Waals surface area contributed by atoms with Crippen LogP contribution in [-0.4, -0.2) is 41.3 Å². The molecule has 31 heavy (non-hydrogen) atoms. The highest BCUT2D eigenvalue weighted by atomic mass is 19.1. The molecule has 162 valence electrons. The van der Waals surface area contributed by atoms with E-state index in [9.17, 15) is 28.9 Å². The first-order valence-corrected chi connectivity index (χ1v) is 9.24.